The molecule has 5 heteroatoms. The summed E-state index contributed by atoms with van der Waals surface area (Å²) in [6.45, 7) is 5.22. The molecule has 0 saturated carbocycles. The number of hydrogen-bond donors (Lipinski definition) is 3. The zero-order chi connectivity index (χ0) is 18.9. The van der Waals surface area contributed by atoms with Crippen LogP contribution in [0.15, 0.2) is 48.5 Å². The summed E-state index contributed by atoms with van der Waals surface area (Å²) < 4.78 is 10.4. The van der Waals surface area contributed by atoms with Crippen LogP contribution in [0.25, 0.3) is 0 Å². The molecular weight excluding hydrogens is 328 g/mol. The van der Waals surface area contributed by atoms with E-state index in [0.29, 0.717) is 13.1 Å². The lowest BCUT2D eigenvalue weighted by molar-refractivity contribution is 0.161. The summed E-state index contributed by atoms with van der Waals surface area (Å²) in [5.41, 5.74) is 2.33. The quantitative estimate of drug-likeness (QED) is 0.609. The van der Waals surface area contributed by atoms with Gasteiger partial charge in [0.1, 0.15) is 11.5 Å². The van der Waals surface area contributed by atoms with Crippen LogP contribution in [0.5, 0.6) is 11.5 Å². The number of aliphatic hydroxyl groups is 1. The predicted octanol–water partition coefficient (Wildman–Crippen LogP) is 3.07. The number of aliphatic hydroxyl groups excluding tert-OH is 1. The maximum atomic E-state index is 10.2. The lowest BCUT2D eigenvalue weighted by Gasteiger charge is -2.20. The fourth-order valence-electron chi connectivity index (χ4n) is 2.72. The van der Waals surface area contributed by atoms with E-state index in [0.717, 1.165) is 22.6 Å². The summed E-state index contributed by atoms with van der Waals surface area (Å²) in [5, 5.41) is 17.0. The first-order valence-electron chi connectivity index (χ1n) is 8.96. The zero-order valence-electron chi connectivity index (χ0n) is 16.0. The summed E-state index contributed by atoms with van der Waals surface area (Å²) in [5.74, 6) is 1.69. The van der Waals surface area contributed by atoms with E-state index in [4.69, 9.17) is 9.47 Å². The summed E-state index contributed by atoms with van der Waals surface area (Å²) in [4.78, 5) is 0. The third-order valence-corrected chi connectivity index (χ3v) is 4.55. The zero-order valence-corrected chi connectivity index (χ0v) is 16.0. The molecule has 0 saturated heterocycles. The van der Waals surface area contributed by atoms with Gasteiger partial charge < -0.3 is 25.2 Å². The molecule has 0 aromatic heterocycles. The standard InChI is InChI=1S/C21H30N2O3/c1-15(17-5-9-20(25-3)10-6-17)22-13-19(24)14-23-16(2)18-7-11-21(26-4)12-8-18/h5-12,15-16,19,22-24H,13-14H2,1-4H3/t15-,16-/m0/s1. The number of benzene rings is 2. The van der Waals surface area contributed by atoms with Crippen LogP contribution < -0.4 is 20.1 Å². The lowest BCUT2D eigenvalue weighted by atomic mass is 10.1. The second-order valence-corrected chi connectivity index (χ2v) is 6.46. The van der Waals surface area contributed by atoms with E-state index in [1.807, 2.05) is 48.5 Å². The fraction of sp³-hybridized carbons (Fsp3) is 0.429. The van der Waals surface area contributed by atoms with Crippen LogP contribution in [-0.2, 0) is 0 Å². The van der Waals surface area contributed by atoms with Crippen molar-refractivity contribution in [2.45, 2.75) is 32.0 Å². The Morgan fingerprint density at radius 1 is 0.731 bits per heavy atom. The molecule has 3 N–H and O–H groups in total. The van der Waals surface area contributed by atoms with Crippen molar-refractivity contribution < 1.29 is 14.6 Å². The minimum Gasteiger partial charge on any atom is -0.497 e. The Bertz CT molecular complexity index is 586. The van der Waals surface area contributed by atoms with Gasteiger partial charge in [0.05, 0.1) is 20.3 Å². The van der Waals surface area contributed by atoms with Crippen molar-refractivity contribution in [2.75, 3.05) is 27.3 Å². The smallest absolute Gasteiger partial charge is 0.118 e. The van der Waals surface area contributed by atoms with E-state index < -0.39 is 6.10 Å². The Hall–Kier alpha value is -2.08. The third kappa shape index (κ3) is 6.02. The molecule has 2 aromatic rings. The van der Waals surface area contributed by atoms with E-state index in [-0.39, 0.29) is 12.1 Å². The maximum absolute atomic E-state index is 10.2. The van der Waals surface area contributed by atoms with Crippen LogP contribution in [0.3, 0.4) is 0 Å². The van der Waals surface area contributed by atoms with E-state index in [2.05, 4.69) is 24.5 Å². The van der Waals surface area contributed by atoms with E-state index in [1.165, 1.54) is 0 Å². The summed E-state index contributed by atoms with van der Waals surface area (Å²) >= 11 is 0. The number of rotatable bonds is 10. The highest BCUT2D eigenvalue weighted by molar-refractivity contribution is 5.29. The van der Waals surface area contributed by atoms with Crippen molar-refractivity contribution in [3.05, 3.63) is 59.7 Å². The van der Waals surface area contributed by atoms with Crippen LogP contribution in [0.2, 0.25) is 0 Å². The van der Waals surface area contributed by atoms with Gasteiger partial charge >= 0.3 is 0 Å². The Kier molecular flexibility index (Phi) is 7.91. The Morgan fingerprint density at radius 3 is 1.38 bits per heavy atom. The SMILES string of the molecule is COc1ccc([C@H](C)NCC(O)CN[C@@H](C)c2ccc(OC)cc2)cc1. The minimum absolute atomic E-state index is 0.162. The number of hydrogen-bond acceptors (Lipinski definition) is 5. The molecule has 0 aliphatic rings. The first kappa shape index (κ1) is 20.2. The van der Waals surface area contributed by atoms with Gasteiger partial charge in [0.2, 0.25) is 0 Å². The molecule has 0 radical (unpaired) electrons. The highest BCUT2D eigenvalue weighted by Crippen LogP contribution is 2.18. The minimum atomic E-state index is -0.462. The summed E-state index contributed by atoms with van der Waals surface area (Å²) in [6, 6.07) is 16.2. The Morgan fingerprint density at radius 2 is 1.08 bits per heavy atom. The van der Waals surface area contributed by atoms with Crippen molar-refractivity contribution in [1.82, 2.24) is 10.6 Å². The first-order chi connectivity index (χ1) is 12.5. The van der Waals surface area contributed by atoms with Crippen LogP contribution in [0, 0.1) is 0 Å². The topological polar surface area (TPSA) is 62.8 Å². The van der Waals surface area contributed by atoms with Gasteiger partial charge in [-0.3, -0.25) is 0 Å². The number of methoxy groups -OCH3 is 2. The van der Waals surface area contributed by atoms with Crippen LogP contribution in [-0.4, -0.2) is 38.5 Å². The molecular formula is C21H30N2O3. The van der Waals surface area contributed by atoms with Crippen LogP contribution in [0.1, 0.15) is 37.1 Å². The van der Waals surface area contributed by atoms with Crippen molar-refractivity contribution in [1.29, 1.82) is 0 Å². The van der Waals surface area contributed by atoms with Crippen molar-refractivity contribution in [2.24, 2.45) is 0 Å². The molecule has 5 nitrogen and oxygen atoms in total. The van der Waals surface area contributed by atoms with Gasteiger partial charge in [-0.2, -0.15) is 0 Å². The molecule has 0 unspecified atom stereocenters. The number of ether oxygens (including phenoxy) is 2. The normalized spacial score (nSPS) is 13.5. The van der Waals surface area contributed by atoms with Gasteiger partial charge in [0, 0.05) is 25.2 Å². The second kappa shape index (κ2) is 10.2. The average Bonchev–Trinajstić information content (AvgIpc) is 2.70. The van der Waals surface area contributed by atoms with Gasteiger partial charge in [-0.05, 0) is 49.2 Å². The van der Waals surface area contributed by atoms with E-state index >= 15 is 0 Å². The van der Waals surface area contributed by atoms with Gasteiger partial charge in [-0.15, -0.1) is 0 Å². The highest BCUT2D eigenvalue weighted by Gasteiger charge is 2.11. The molecule has 0 heterocycles. The van der Waals surface area contributed by atoms with E-state index in [9.17, 15) is 5.11 Å². The third-order valence-electron chi connectivity index (χ3n) is 4.55. The molecule has 2 atom stereocenters. The lowest BCUT2D eigenvalue weighted by Crippen LogP contribution is -2.37. The molecule has 0 aliphatic heterocycles. The van der Waals surface area contributed by atoms with Gasteiger partial charge in [0.25, 0.3) is 0 Å². The second-order valence-electron chi connectivity index (χ2n) is 6.46. The van der Waals surface area contributed by atoms with Crippen LogP contribution in [0.4, 0.5) is 0 Å². The molecule has 0 amide bonds. The predicted molar refractivity (Wildman–Crippen MR) is 105 cm³/mol. The Balaban J connectivity index is 1.74. The maximum Gasteiger partial charge on any atom is 0.118 e. The van der Waals surface area contributed by atoms with Gasteiger partial charge in [0.15, 0.2) is 0 Å². The van der Waals surface area contributed by atoms with E-state index in [1.54, 1.807) is 14.2 Å². The summed E-state index contributed by atoms with van der Waals surface area (Å²) in [7, 11) is 3.32. The molecule has 0 aliphatic carbocycles. The molecule has 0 fully saturated rings. The highest BCUT2D eigenvalue weighted by atomic mass is 16.5. The van der Waals surface area contributed by atoms with Gasteiger partial charge in [-0.25, -0.2) is 0 Å². The Labute approximate surface area is 156 Å². The fourth-order valence-corrected chi connectivity index (χ4v) is 2.72. The first-order valence-corrected chi connectivity index (χ1v) is 8.96. The van der Waals surface area contributed by atoms with Crippen molar-refractivity contribution in [3.8, 4) is 11.5 Å². The monoisotopic (exact) mass is 358 g/mol. The van der Waals surface area contributed by atoms with Crippen molar-refractivity contribution >= 4 is 0 Å². The van der Waals surface area contributed by atoms with Gasteiger partial charge in [-0.1, -0.05) is 24.3 Å². The molecule has 0 bridgehead atoms. The summed E-state index contributed by atoms with van der Waals surface area (Å²) in [6.07, 6.45) is -0.462. The van der Waals surface area contributed by atoms with Crippen LogP contribution >= 0.6 is 0 Å². The molecule has 2 rings (SSSR count). The van der Waals surface area contributed by atoms with Crippen molar-refractivity contribution in [3.63, 3.8) is 0 Å². The molecule has 2 aromatic carbocycles. The molecule has 0 spiro atoms. The molecule has 142 valence electrons. The molecule has 26 heavy (non-hydrogen) atoms. The average molecular weight is 358 g/mol. The largest absolute Gasteiger partial charge is 0.497 e. The number of nitrogens with one attached hydrogen (secondary N) is 2.